The molecule has 1 aromatic rings. The number of nitrogens with one attached hydrogen (secondary N) is 1. The first-order valence-corrected chi connectivity index (χ1v) is 5.28. The number of isocyanates is 2. The van der Waals surface area contributed by atoms with Crippen molar-refractivity contribution in [2.75, 3.05) is 0 Å². The van der Waals surface area contributed by atoms with Gasteiger partial charge in [-0.05, 0) is 38.0 Å². The molecule has 94 valence electrons. The summed E-state index contributed by atoms with van der Waals surface area (Å²) < 4.78 is 0. The molecule has 1 N–H and O–H groups in total. The minimum atomic E-state index is -0.521. The van der Waals surface area contributed by atoms with Gasteiger partial charge in [0.25, 0.3) is 0 Å². The smallest absolute Gasteiger partial charge is 0.222 e. The van der Waals surface area contributed by atoms with E-state index in [9.17, 15) is 4.79 Å². The van der Waals surface area contributed by atoms with Crippen LogP contribution in [0.3, 0.4) is 0 Å². The van der Waals surface area contributed by atoms with Gasteiger partial charge in [0.1, 0.15) is 0 Å². The molecule has 0 aliphatic rings. The van der Waals surface area contributed by atoms with Crippen molar-refractivity contribution in [3.05, 3.63) is 42.0 Å². The zero-order valence-electron chi connectivity index (χ0n) is 10.8. The molecule has 0 radical (unpaired) electrons. The van der Waals surface area contributed by atoms with Crippen molar-refractivity contribution in [3.63, 3.8) is 0 Å². The Morgan fingerprint density at radius 2 is 1.94 bits per heavy atom. The second-order valence-electron chi connectivity index (χ2n) is 4.23. The monoisotopic (exact) mass is 244 g/mol. The largest absolute Gasteiger partial charge is 0.235 e. The highest BCUT2D eigenvalue weighted by molar-refractivity contribution is 5.62. The van der Waals surface area contributed by atoms with Gasteiger partial charge in [0, 0.05) is 0 Å². The van der Waals surface area contributed by atoms with Crippen LogP contribution in [0, 0.1) is 5.41 Å². The molecule has 0 fully saturated rings. The van der Waals surface area contributed by atoms with Gasteiger partial charge < -0.3 is 0 Å². The van der Waals surface area contributed by atoms with Crippen molar-refractivity contribution in [2.24, 2.45) is 4.99 Å². The Labute approximate surface area is 107 Å². The molecule has 0 heterocycles. The third-order valence-corrected chi connectivity index (χ3v) is 2.39. The van der Waals surface area contributed by atoms with E-state index in [1.165, 1.54) is 0 Å². The third-order valence-electron chi connectivity index (χ3n) is 2.39. The molecule has 0 aliphatic heterocycles. The summed E-state index contributed by atoms with van der Waals surface area (Å²) in [6, 6.07) is 7.89. The topological polar surface area (TPSA) is 70.3 Å². The number of carbonyl (C=O) groups excluding carboxylic acids is 2. The Balaban J connectivity index is 0.000000873. The molecule has 0 aliphatic carbocycles. The fourth-order valence-electron chi connectivity index (χ4n) is 1.34. The van der Waals surface area contributed by atoms with E-state index < -0.39 is 5.54 Å². The maximum Gasteiger partial charge on any atom is 0.235 e. The highest BCUT2D eigenvalue weighted by atomic mass is 16.1. The minimum absolute atomic E-state index is 0.521. The number of benzene rings is 1. The zero-order valence-corrected chi connectivity index (χ0v) is 10.8. The van der Waals surface area contributed by atoms with E-state index in [2.05, 4.69) is 11.6 Å². The molecule has 18 heavy (non-hydrogen) atoms. The van der Waals surface area contributed by atoms with Crippen LogP contribution in [-0.4, -0.2) is 12.2 Å². The summed E-state index contributed by atoms with van der Waals surface area (Å²) in [6.45, 7) is 9.61. The first-order valence-electron chi connectivity index (χ1n) is 5.28. The van der Waals surface area contributed by atoms with Gasteiger partial charge in [-0.25, -0.2) is 15.0 Å². The average Bonchev–Trinajstić information content (AvgIpc) is 2.30. The van der Waals surface area contributed by atoms with E-state index in [4.69, 9.17) is 10.2 Å². The van der Waals surface area contributed by atoms with E-state index in [1.807, 2.05) is 45.0 Å². The predicted molar refractivity (Wildman–Crippen MR) is 70.7 cm³/mol. The van der Waals surface area contributed by atoms with Gasteiger partial charge in [0.15, 0.2) is 0 Å². The lowest BCUT2D eigenvalue weighted by Gasteiger charge is -2.18. The molecule has 0 saturated heterocycles. The molecule has 0 saturated carbocycles. The zero-order chi connectivity index (χ0) is 14.2. The molecule has 1 rings (SSSR count). The highest BCUT2D eigenvalue weighted by Gasteiger charge is 2.19. The van der Waals surface area contributed by atoms with E-state index in [0.29, 0.717) is 0 Å². The van der Waals surface area contributed by atoms with E-state index in [-0.39, 0.29) is 0 Å². The molecule has 0 unspecified atom stereocenters. The molecule has 1 aromatic carbocycles. The van der Waals surface area contributed by atoms with Crippen LogP contribution in [0.25, 0.3) is 5.57 Å². The number of nitrogens with zero attached hydrogens (tertiary/aromatic N) is 1. The second kappa shape index (κ2) is 7.13. The molecule has 4 heteroatoms. The van der Waals surface area contributed by atoms with Crippen LogP contribution >= 0.6 is 0 Å². The molecule has 0 spiro atoms. The van der Waals surface area contributed by atoms with Crippen molar-refractivity contribution >= 4 is 17.7 Å². The summed E-state index contributed by atoms with van der Waals surface area (Å²) in [5.74, 6) is 0. The lowest BCUT2D eigenvalue weighted by molar-refractivity contribution is 0.523. The van der Waals surface area contributed by atoms with Crippen LogP contribution in [0.2, 0.25) is 0 Å². The first kappa shape index (κ1) is 15.7. The van der Waals surface area contributed by atoms with Gasteiger partial charge in [0.05, 0.1) is 5.54 Å². The quantitative estimate of drug-likeness (QED) is 0.655. The maximum atomic E-state index is 10.3. The Kier molecular flexibility index (Phi) is 6.22. The van der Waals surface area contributed by atoms with E-state index in [1.54, 1.807) is 6.08 Å². The van der Waals surface area contributed by atoms with Gasteiger partial charge >= 0.3 is 0 Å². The fraction of sp³-hybridized carbons (Fsp3) is 0.286. The molecular formula is C14H16N2O2. The van der Waals surface area contributed by atoms with Crippen LogP contribution < -0.4 is 0 Å². The van der Waals surface area contributed by atoms with Crippen LogP contribution in [0.1, 0.15) is 31.9 Å². The Hall–Kier alpha value is -2.28. The number of rotatable bonds is 3. The SMILES string of the molecule is C=C(C)c1cccc(C(C)(C)N=C=O)c1.N=C=O. The fourth-order valence-corrected chi connectivity index (χ4v) is 1.34. The van der Waals surface area contributed by atoms with Crippen molar-refractivity contribution in [3.8, 4) is 0 Å². The van der Waals surface area contributed by atoms with Crippen molar-refractivity contribution in [1.29, 1.82) is 5.41 Å². The molecule has 4 nitrogen and oxygen atoms in total. The van der Waals surface area contributed by atoms with E-state index >= 15 is 0 Å². The van der Waals surface area contributed by atoms with Crippen LogP contribution in [0.4, 0.5) is 0 Å². The summed E-state index contributed by atoms with van der Waals surface area (Å²) in [7, 11) is 0. The lowest BCUT2D eigenvalue weighted by Crippen LogP contribution is -2.13. The Bertz CT molecular complexity index is 506. The van der Waals surface area contributed by atoms with Crippen LogP contribution in [-0.2, 0) is 15.1 Å². The standard InChI is InChI=1S/C13H15NO.CHNO/c1-10(2)11-6-5-7-12(8-11)13(3,4)14-9-15;2-1-3/h5-8H,1H2,2-4H3;2H. The maximum absolute atomic E-state index is 10.3. The third kappa shape index (κ3) is 4.71. The number of aliphatic imine (C=N–C) groups is 1. The number of hydrogen-bond acceptors (Lipinski definition) is 4. The normalized spacial score (nSPS) is 9.28. The van der Waals surface area contributed by atoms with Crippen molar-refractivity contribution < 1.29 is 9.59 Å². The van der Waals surface area contributed by atoms with E-state index in [0.717, 1.165) is 22.8 Å². The van der Waals surface area contributed by atoms with Gasteiger partial charge in [-0.1, -0.05) is 30.4 Å². The van der Waals surface area contributed by atoms with Crippen molar-refractivity contribution in [1.82, 2.24) is 0 Å². The number of allylic oxidation sites excluding steroid dienone is 1. The van der Waals surface area contributed by atoms with Crippen LogP contribution in [0.5, 0.6) is 0 Å². The summed E-state index contributed by atoms with van der Waals surface area (Å²) in [4.78, 5) is 22.4. The molecular weight excluding hydrogens is 228 g/mol. The van der Waals surface area contributed by atoms with Crippen molar-refractivity contribution in [2.45, 2.75) is 26.3 Å². The molecule has 0 amide bonds. The Morgan fingerprint density at radius 1 is 1.39 bits per heavy atom. The van der Waals surface area contributed by atoms with Crippen LogP contribution in [0.15, 0.2) is 35.8 Å². The Morgan fingerprint density at radius 3 is 2.39 bits per heavy atom. The summed E-state index contributed by atoms with van der Waals surface area (Å²) >= 11 is 0. The summed E-state index contributed by atoms with van der Waals surface area (Å²) in [6.07, 6.45) is 2.36. The average molecular weight is 244 g/mol. The predicted octanol–water partition coefficient (Wildman–Crippen LogP) is 3.19. The van der Waals surface area contributed by atoms with Gasteiger partial charge in [-0.15, -0.1) is 0 Å². The van der Waals surface area contributed by atoms with Gasteiger partial charge in [-0.2, -0.15) is 4.99 Å². The lowest BCUT2D eigenvalue weighted by atomic mass is 9.92. The van der Waals surface area contributed by atoms with Gasteiger partial charge in [0.2, 0.25) is 12.2 Å². The molecule has 0 aromatic heterocycles. The molecule has 0 bridgehead atoms. The van der Waals surface area contributed by atoms with Gasteiger partial charge in [-0.3, -0.25) is 0 Å². The number of hydrogen-bond donors (Lipinski definition) is 1. The summed E-state index contributed by atoms with van der Waals surface area (Å²) in [5, 5.41) is 5.40. The highest BCUT2D eigenvalue weighted by Crippen LogP contribution is 2.26. The summed E-state index contributed by atoms with van der Waals surface area (Å²) in [5.41, 5.74) is 2.54. The first-order chi connectivity index (χ1) is 8.38. The minimum Gasteiger partial charge on any atom is -0.222 e. The molecule has 0 atom stereocenters. The second-order valence-corrected chi connectivity index (χ2v) is 4.23.